The molecule has 0 saturated carbocycles. The van der Waals surface area contributed by atoms with Crippen LogP contribution in [0.2, 0.25) is 0 Å². The van der Waals surface area contributed by atoms with E-state index in [4.69, 9.17) is 4.74 Å². The van der Waals surface area contributed by atoms with Crippen molar-refractivity contribution in [2.75, 3.05) is 19.7 Å². The molecule has 1 amide bonds. The normalized spacial score (nSPS) is 15.7. The van der Waals surface area contributed by atoms with Crippen LogP contribution in [0.3, 0.4) is 0 Å². The summed E-state index contributed by atoms with van der Waals surface area (Å²) < 4.78 is 5.06. The third-order valence-corrected chi connectivity index (χ3v) is 4.31. The molecule has 0 aromatic heterocycles. The molecule has 1 aliphatic rings. The maximum absolute atomic E-state index is 12.4. The highest BCUT2D eigenvalue weighted by molar-refractivity contribution is 5.80. The van der Waals surface area contributed by atoms with Gasteiger partial charge in [0.2, 0.25) is 5.91 Å². The van der Waals surface area contributed by atoms with Gasteiger partial charge in [-0.3, -0.25) is 9.59 Å². The number of nitrogens with zero attached hydrogens (tertiary/aromatic N) is 1. The van der Waals surface area contributed by atoms with Gasteiger partial charge in [0.05, 0.1) is 18.9 Å². The van der Waals surface area contributed by atoms with E-state index < -0.39 is 0 Å². The van der Waals surface area contributed by atoms with Gasteiger partial charge in [0.25, 0.3) is 0 Å². The molecule has 0 N–H and O–H groups in total. The van der Waals surface area contributed by atoms with Crippen LogP contribution in [-0.4, -0.2) is 36.5 Å². The standard InChI is InChI=1S/C18H25NO3/c1-4-22-18(21)15-7-9-19(10-8-15)17(20)12-16-11-13(2)5-6-14(16)3/h5-6,11,15H,4,7-10,12H2,1-3H3. The van der Waals surface area contributed by atoms with Crippen molar-refractivity contribution in [2.24, 2.45) is 5.92 Å². The van der Waals surface area contributed by atoms with Crippen LogP contribution in [0.1, 0.15) is 36.5 Å². The second-order valence-electron chi connectivity index (χ2n) is 6.01. The third kappa shape index (κ3) is 4.09. The van der Waals surface area contributed by atoms with E-state index in [1.165, 1.54) is 5.56 Å². The highest BCUT2D eigenvalue weighted by atomic mass is 16.5. The second kappa shape index (κ2) is 7.43. The molecule has 0 spiro atoms. The van der Waals surface area contributed by atoms with Crippen molar-refractivity contribution in [3.05, 3.63) is 34.9 Å². The number of hydrogen-bond donors (Lipinski definition) is 0. The molecule has 22 heavy (non-hydrogen) atoms. The molecule has 120 valence electrons. The highest BCUT2D eigenvalue weighted by Crippen LogP contribution is 2.20. The SMILES string of the molecule is CCOC(=O)C1CCN(C(=O)Cc2cc(C)ccc2C)CC1. The first-order chi connectivity index (χ1) is 10.5. The molecule has 0 aliphatic carbocycles. The van der Waals surface area contributed by atoms with E-state index in [0.717, 1.165) is 11.1 Å². The van der Waals surface area contributed by atoms with E-state index in [2.05, 4.69) is 18.2 Å². The molecular weight excluding hydrogens is 278 g/mol. The lowest BCUT2D eigenvalue weighted by Crippen LogP contribution is -2.41. The van der Waals surface area contributed by atoms with Gasteiger partial charge in [-0.25, -0.2) is 0 Å². The summed E-state index contributed by atoms with van der Waals surface area (Å²) in [7, 11) is 0. The Morgan fingerprint density at radius 1 is 1.23 bits per heavy atom. The fraction of sp³-hybridized carbons (Fsp3) is 0.556. The lowest BCUT2D eigenvalue weighted by molar-refractivity contribution is -0.151. The number of esters is 1. The molecule has 1 heterocycles. The lowest BCUT2D eigenvalue weighted by atomic mass is 9.96. The van der Waals surface area contributed by atoms with Crippen LogP contribution >= 0.6 is 0 Å². The molecule has 0 atom stereocenters. The Balaban J connectivity index is 1.90. The first-order valence-corrected chi connectivity index (χ1v) is 8.01. The number of likely N-dealkylation sites (tertiary alicyclic amines) is 1. The topological polar surface area (TPSA) is 46.6 Å². The minimum Gasteiger partial charge on any atom is -0.466 e. The first kappa shape index (κ1) is 16.5. The van der Waals surface area contributed by atoms with Gasteiger partial charge in [0, 0.05) is 13.1 Å². The first-order valence-electron chi connectivity index (χ1n) is 8.01. The van der Waals surface area contributed by atoms with Crippen LogP contribution in [0, 0.1) is 19.8 Å². The van der Waals surface area contributed by atoms with Gasteiger partial charge >= 0.3 is 5.97 Å². The van der Waals surface area contributed by atoms with Gasteiger partial charge in [-0.1, -0.05) is 23.8 Å². The van der Waals surface area contributed by atoms with Gasteiger partial charge < -0.3 is 9.64 Å². The van der Waals surface area contributed by atoms with E-state index in [1.54, 1.807) is 0 Å². The van der Waals surface area contributed by atoms with E-state index in [1.807, 2.05) is 25.7 Å². The molecule has 0 bridgehead atoms. The molecule has 4 heteroatoms. The Hall–Kier alpha value is -1.84. The van der Waals surface area contributed by atoms with E-state index in [0.29, 0.717) is 39.0 Å². The van der Waals surface area contributed by atoms with Crippen molar-refractivity contribution in [1.29, 1.82) is 0 Å². The van der Waals surface area contributed by atoms with Crippen LogP contribution in [0.5, 0.6) is 0 Å². The predicted molar refractivity (Wildman–Crippen MR) is 85.6 cm³/mol. The van der Waals surface area contributed by atoms with E-state index in [-0.39, 0.29) is 17.8 Å². The average Bonchev–Trinajstić information content (AvgIpc) is 2.51. The van der Waals surface area contributed by atoms with Crippen molar-refractivity contribution < 1.29 is 14.3 Å². The van der Waals surface area contributed by atoms with Crippen molar-refractivity contribution in [2.45, 2.75) is 40.0 Å². The maximum Gasteiger partial charge on any atom is 0.309 e. The molecule has 4 nitrogen and oxygen atoms in total. The summed E-state index contributed by atoms with van der Waals surface area (Å²) in [5, 5.41) is 0. The fourth-order valence-corrected chi connectivity index (χ4v) is 2.89. The van der Waals surface area contributed by atoms with Gasteiger partial charge in [0.15, 0.2) is 0 Å². The molecular formula is C18H25NO3. The molecule has 1 fully saturated rings. The number of amides is 1. The minimum absolute atomic E-state index is 0.0512. The van der Waals surface area contributed by atoms with Gasteiger partial charge in [0.1, 0.15) is 0 Å². The minimum atomic E-state index is -0.121. The number of aryl methyl sites for hydroxylation is 2. The monoisotopic (exact) mass is 303 g/mol. The van der Waals surface area contributed by atoms with Gasteiger partial charge in [-0.2, -0.15) is 0 Å². The largest absolute Gasteiger partial charge is 0.466 e. The Morgan fingerprint density at radius 2 is 1.91 bits per heavy atom. The zero-order valence-electron chi connectivity index (χ0n) is 13.7. The predicted octanol–water partition coefficient (Wildman–Crippen LogP) is 2.65. The summed E-state index contributed by atoms with van der Waals surface area (Å²) in [5.74, 6) is -0.0233. The van der Waals surface area contributed by atoms with Crippen LogP contribution in [0.15, 0.2) is 18.2 Å². The van der Waals surface area contributed by atoms with E-state index >= 15 is 0 Å². The molecule has 0 unspecified atom stereocenters. The lowest BCUT2D eigenvalue weighted by Gasteiger charge is -2.31. The Morgan fingerprint density at radius 3 is 2.55 bits per heavy atom. The summed E-state index contributed by atoms with van der Waals surface area (Å²) in [6.07, 6.45) is 1.85. The second-order valence-corrected chi connectivity index (χ2v) is 6.01. The summed E-state index contributed by atoms with van der Waals surface area (Å²) >= 11 is 0. The summed E-state index contributed by atoms with van der Waals surface area (Å²) in [6, 6.07) is 6.21. The smallest absolute Gasteiger partial charge is 0.309 e. The molecule has 0 radical (unpaired) electrons. The fourth-order valence-electron chi connectivity index (χ4n) is 2.89. The number of rotatable bonds is 4. The van der Waals surface area contributed by atoms with Gasteiger partial charge in [-0.15, -0.1) is 0 Å². The van der Waals surface area contributed by atoms with Gasteiger partial charge in [-0.05, 0) is 44.7 Å². The summed E-state index contributed by atoms with van der Waals surface area (Å²) in [5.41, 5.74) is 3.42. The van der Waals surface area contributed by atoms with Crippen LogP contribution in [0.4, 0.5) is 0 Å². The molecule has 1 saturated heterocycles. The van der Waals surface area contributed by atoms with Crippen molar-refractivity contribution in [1.82, 2.24) is 4.90 Å². The number of carbonyl (C=O) groups excluding carboxylic acids is 2. The van der Waals surface area contributed by atoms with E-state index in [9.17, 15) is 9.59 Å². The molecule has 1 aromatic carbocycles. The number of benzene rings is 1. The summed E-state index contributed by atoms with van der Waals surface area (Å²) in [4.78, 5) is 26.0. The van der Waals surface area contributed by atoms with Crippen molar-refractivity contribution >= 4 is 11.9 Å². The number of ether oxygens (including phenoxy) is 1. The number of piperidine rings is 1. The zero-order chi connectivity index (χ0) is 16.1. The zero-order valence-corrected chi connectivity index (χ0v) is 13.7. The van der Waals surface area contributed by atoms with Crippen LogP contribution < -0.4 is 0 Å². The van der Waals surface area contributed by atoms with Crippen LogP contribution in [0.25, 0.3) is 0 Å². The molecule has 1 aromatic rings. The highest BCUT2D eigenvalue weighted by Gasteiger charge is 2.28. The summed E-state index contributed by atoms with van der Waals surface area (Å²) in [6.45, 7) is 7.61. The number of hydrogen-bond acceptors (Lipinski definition) is 3. The Bertz CT molecular complexity index is 545. The third-order valence-electron chi connectivity index (χ3n) is 4.31. The van der Waals surface area contributed by atoms with Crippen molar-refractivity contribution in [3.63, 3.8) is 0 Å². The van der Waals surface area contributed by atoms with Crippen molar-refractivity contribution in [3.8, 4) is 0 Å². The molecule has 1 aliphatic heterocycles. The number of carbonyl (C=O) groups is 2. The Kier molecular flexibility index (Phi) is 5.58. The maximum atomic E-state index is 12.4. The Labute approximate surface area is 132 Å². The average molecular weight is 303 g/mol. The molecule has 2 rings (SSSR count). The van der Waals surface area contributed by atoms with Crippen LogP contribution in [-0.2, 0) is 20.7 Å². The quantitative estimate of drug-likeness (QED) is 0.803.